The number of ether oxygens (including phenoxy) is 1. The first-order chi connectivity index (χ1) is 12.1. The number of phenolic OH excluding ortho intramolecular Hbond substituents is 2. The van der Waals surface area contributed by atoms with E-state index in [4.69, 9.17) is 4.74 Å². The van der Waals surface area contributed by atoms with Crippen LogP contribution in [0.4, 0.5) is 0 Å². The molecule has 4 heteroatoms. The van der Waals surface area contributed by atoms with Crippen LogP contribution in [-0.2, 0) is 6.42 Å². The SMILES string of the molecule is COc1ccc(C(=O)c2cc(O)cc(Cc3ccccc3)c2O)cc1. The van der Waals surface area contributed by atoms with Crippen LogP contribution in [-0.4, -0.2) is 23.1 Å². The van der Waals surface area contributed by atoms with Crippen molar-refractivity contribution >= 4 is 5.78 Å². The van der Waals surface area contributed by atoms with Gasteiger partial charge in [-0.1, -0.05) is 30.3 Å². The number of methoxy groups -OCH3 is 1. The number of aromatic hydroxyl groups is 2. The number of hydrogen-bond donors (Lipinski definition) is 2. The fourth-order valence-electron chi connectivity index (χ4n) is 2.70. The van der Waals surface area contributed by atoms with Crippen LogP contribution in [0.15, 0.2) is 66.7 Å². The van der Waals surface area contributed by atoms with Gasteiger partial charge in [-0.25, -0.2) is 0 Å². The van der Waals surface area contributed by atoms with E-state index < -0.39 is 0 Å². The van der Waals surface area contributed by atoms with Gasteiger partial charge in [0, 0.05) is 17.5 Å². The molecule has 0 unspecified atom stereocenters. The Morgan fingerprint density at radius 1 is 0.960 bits per heavy atom. The van der Waals surface area contributed by atoms with Crippen molar-refractivity contribution in [3.05, 3.63) is 89.0 Å². The van der Waals surface area contributed by atoms with Crippen molar-refractivity contribution in [3.63, 3.8) is 0 Å². The van der Waals surface area contributed by atoms with Gasteiger partial charge in [-0.15, -0.1) is 0 Å². The van der Waals surface area contributed by atoms with E-state index in [0.717, 1.165) is 5.56 Å². The minimum absolute atomic E-state index is 0.0550. The first-order valence-corrected chi connectivity index (χ1v) is 7.86. The smallest absolute Gasteiger partial charge is 0.196 e. The summed E-state index contributed by atoms with van der Waals surface area (Å²) in [6.45, 7) is 0. The van der Waals surface area contributed by atoms with Gasteiger partial charge in [-0.05, 0) is 42.0 Å². The molecule has 0 aliphatic heterocycles. The molecule has 3 aromatic rings. The maximum absolute atomic E-state index is 12.7. The van der Waals surface area contributed by atoms with Gasteiger partial charge in [0.2, 0.25) is 0 Å². The lowest BCUT2D eigenvalue weighted by Crippen LogP contribution is -2.03. The summed E-state index contributed by atoms with van der Waals surface area (Å²) in [6.07, 6.45) is 0.421. The van der Waals surface area contributed by atoms with Crippen LogP contribution in [0.3, 0.4) is 0 Å². The zero-order valence-corrected chi connectivity index (χ0v) is 13.8. The van der Waals surface area contributed by atoms with E-state index >= 15 is 0 Å². The van der Waals surface area contributed by atoms with Gasteiger partial charge in [0.25, 0.3) is 0 Å². The molecular weight excluding hydrogens is 316 g/mol. The Kier molecular flexibility index (Phi) is 4.70. The number of carbonyl (C=O) groups excluding carboxylic acids is 1. The van der Waals surface area contributed by atoms with Gasteiger partial charge in [0.05, 0.1) is 12.7 Å². The molecule has 3 aromatic carbocycles. The number of benzene rings is 3. The summed E-state index contributed by atoms with van der Waals surface area (Å²) in [4.78, 5) is 12.7. The van der Waals surface area contributed by atoms with E-state index in [0.29, 0.717) is 23.3 Å². The molecule has 4 nitrogen and oxygen atoms in total. The average Bonchev–Trinajstić information content (AvgIpc) is 2.65. The summed E-state index contributed by atoms with van der Waals surface area (Å²) in [6, 6.07) is 18.9. The predicted molar refractivity (Wildman–Crippen MR) is 95.4 cm³/mol. The highest BCUT2D eigenvalue weighted by Crippen LogP contribution is 2.31. The molecule has 0 spiro atoms. The Morgan fingerprint density at radius 3 is 2.28 bits per heavy atom. The summed E-state index contributed by atoms with van der Waals surface area (Å²) in [5.41, 5.74) is 1.97. The fourth-order valence-corrected chi connectivity index (χ4v) is 2.70. The second-order valence-electron chi connectivity index (χ2n) is 5.72. The van der Waals surface area contributed by atoms with Crippen molar-refractivity contribution in [2.45, 2.75) is 6.42 Å². The molecule has 0 radical (unpaired) electrons. The van der Waals surface area contributed by atoms with Gasteiger partial charge < -0.3 is 14.9 Å². The summed E-state index contributed by atoms with van der Waals surface area (Å²) in [5, 5.41) is 20.5. The lowest BCUT2D eigenvalue weighted by atomic mass is 9.96. The van der Waals surface area contributed by atoms with E-state index in [9.17, 15) is 15.0 Å². The molecule has 2 N–H and O–H groups in total. The van der Waals surface area contributed by atoms with E-state index in [-0.39, 0.29) is 22.8 Å². The molecule has 0 bridgehead atoms. The molecule has 0 aliphatic carbocycles. The molecule has 0 heterocycles. The highest BCUT2D eigenvalue weighted by Gasteiger charge is 2.18. The zero-order chi connectivity index (χ0) is 17.8. The maximum Gasteiger partial charge on any atom is 0.196 e. The standard InChI is InChI=1S/C21H18O4/c1-25-18-9-7-15(8-10-18)20(23)19-13-17(22)12-16(21(19)24)11-14-5-3-2-4-6-14/h2-10,12-13,22,24H,11H2,1H3. The second kappa shape index (κ2) is 7.09. The summed E-state index contributed by atoms with van der Waals surface area (Å²) in [5.74, 6) is 0.120. The number of carbonyl (C=O) groups is 1. The number of ketones is 1. The lowest BCUT2D eigenvalue weighted by molar-refractivity contribution is 0.103. The third-order valence-electron chi connectivity index (χ3n) is 4.01. The van der Waals surface area contributed by atoms with Crippen molar-refractivity contribution in [1.29, 1.82) is 0 Å². The quantitative estimate of drug-likeness (QED) is 0.548. The van der Waals surface area contributed by atoms with Gasteiger partial charge in [0.15, 0.2) is 5.78 Å². The second-order valence-corrected chi connectivity index (χ2v) is 5.72. The Bertz CT molecular complexity index is 884. The highest BCUT2D eigenvalue weighted by molar-refractivity contribution is 6.11. The molecule has 0 fully saturated rings. The lowest BCUT2D eigenvalue weighted by Gasteiger charge is -2.11. The van der Waals surface area contributed by atoms with Crippen molar-refractivity contribution < 1.29 is 19.7 Å². The van der Waals surface area contributed by atoms with Crippen molar-refractivity contribution in [2.24, 2.45) is 0 Å². The Labute approximate surface area is 146 Å². The maximum atomic E-state index is 12.7. The van der Waals surface area contributed by atoms with Gasteiger partial charge in [-0.3, -0.25) is 4.79 Å². The van der Waals surface area contributed by atoms with E-state index in [1.165, 1.54) is 12.1 Å². The normalized spacial score (nSPS) is 10.4. The number of hydrogen-bond acceptors (Lipinski definition) is 4. The minimum Gasteiger partial charge on any atom is -0.508 e. The van der Waals surface area contributed by atoms with Crippen LogP contribution >= 0.6 is 0 Å². The monoisotopic (exact) mass is 334 g/mol. The Morgan fingerprint density at radius 2 is 1.64 bits per heavy atom. The topological polar surface area (TPSA) is 66.8 Å². The summed E-state index contributed by atoms with van der Waals surface area (Å²) < 4.78 is 5.08. The Hall–Kier alpha value is -3.27. The van der Waals surface area contributed by atoms with E-state index in [2.05, 4.69) is 0 Å². The number of rotatable bonds is 5. The molecule has 25 heavy (non-hydrogen) atoms. The Balaban J connectivity index is 1.96. The van der Waals surface area contributed by atoms with Gasteiger partial charge in [0.1, 0.15) is 17.2 Å². The molecule has 0 aliphatic rings. The predicted octanol–water partition coefficient (Wildman–Crippen LogP) is 3.93. The molecule has 0 saturated heterocycles. The fraction of sp³-hybridized carbons (Fsp3) is 0.0952. The zero-order valence-electron chi connectivity index (χ0n) is 13.8. The largest absolute Gasteiger partial charge is 0.508 e. The van der Waals surface area contributed by atoms with Crippen LogP contribution in [0.2, 0.25) is 0 Å². The molecule has 0 saturated carbocycles. The van der Waals surface area contributed by atoms with Crippen molar-refractivity contribution in [3.8, 4) is 17.2 Å². The molecule has 0 amide bonds. The van der Waals surface area contributed by atoms with Crippen LogP contribution in [0.25, 0.3) is 0 Å². The highest BCUT2D eigenvalue weighted by atomic mass is 16.5. The van der Waals surface area contributed by atoms with Crippen molar-refractivity contribution in [1.82, 2.24) is 0 Å². The van der Waals surface area contributed by atoms with Gasteiger partial charge in [-0.2, -0.15) is 0 Å². The van der Waals surface area contributed by atoms with Crippen LogP contribution in [0.5, 0.6) is 17.2 Å². The summed E-state index contributed by atoms with van der Waals surface area (Å²) in [7, 11) is 1.55. The van der Waals surface area contributed by atoms with Gasteiger partial charge >= 0.3 is 0 Å². The molecule has 126 valence electrons. The first-order valence-electron chi connectivity index (χ1n) is 7.86. The van der Waals surface area contributed by atoms with Crippen molar-refractivity contribution in [2.75, 3.05) is 7.11 Å². The molecule has 0 aromatic heterocycles. The van der Waals surface area contributed by atoms with Crippen LogP contribution in [0.1, 0.15) is 27.0 Å². The molecule has 0 atom stereocenters. The summed E-state index contributed by atoms with van der Waals surface area (Å²) >= 11 is 0. The van der Waals surface area contributed by atoms with Crippen LogP contribution in [0, 0.1) is 0 Å². The minimum atomic E-state index is -0.356. The molecule has 3 rings (SSSR count). The van der Waals surface area contributed by atoms with Crippen LogP contribution < -0.4 is 4.74 Å². The molecular formula is C21H18O4. The first kappa shape index (κ1) is 16.6. The average molecular weight is 334 g/mol. The van der Waals surface area contributed by atoms with E-state index in [1.54, 1.807) is 31.4 Å². The number of phenols is 2. The third-order valence-corrected chi connectivity index (χ3v) is 4.01. The third kappa shape index (κ3) is 3.63. The van der Waals surface area contributed by atoms with E-state index in [1.807, 2.05) is 30.3 Å².